The predicted molar refractivity (Wildman–Crippen MR) is 77.3 cm³/mol. The molecule has 4 N–H and O–H groups in total. The lowest BCUT2D eigenvalue weighted by Gasteiger charge is -2.19. The highest BCUT2D eigenvalue weighted by molar-refractivity contribution is 5.88. The monoisotopic (exact) mass is 289 g/mol. The molecule has 7 nitrogen and oxygen atoms in total. The molecule has 0 bridgehead atoms. The van der Waals surface area contributed by atoms with E-state index in [0.29, 0.717) is 5.52 Å². The van der Waals surface area contributed by atoms with Gasteiger partial charge in [0.05, 0.1) is 5.52 Å². The molecule has 0 radical (unpaired) electrons. The Morgan fingerprint density at radius 1 is 1.19 bits per heavy atom. The molecule has 0 fully saturated rings. The zero-order valence-electron chi connectivity index (χ0n) is 11.1. The van der Waals surface area contributed by atoms with Crippen LogP contribution in [0.5, 0.6) is 0 Å². The number of fused-ring (bicyclic) bond motifs is 1. The molecule has 0 spiro atoms. The molecule has 2 rings (SSSR count). The number of para-hydroxylation sites is 1. The highest BCUT2D eigenvalue weighted by Gasteiger charge is 2.19. The van der Waals surface area contributed by atoms with E-state index in [1.807, 2.05) is 18.2 Å². The lowest BCUT2D eigenvalue weighted by Crippen LogP contribution is -2.38. The number of carbonyl (C=O) groups is 2. The molecular weight excluding hydrogens is 274 g/mol. The SMILES string of the molecule is NC(CCN(C(=O)O)c1ccc2ccccc2n1)C(=O)O. The molecule has 0 saturated carbocycles. The van der Waals surface area contributed by atoms with E-state index in [-0.39, 0.29) is 18.8 Å². The van der Waals surface area contributed by atoms with Crippen molar-refractivity contribution in [2.75, 3.05) is 11.4 Å². The number of anilines is 1. The number of aromatic nitrogens is 1. The average molecular weight is 289 g/mol. The van der Waals surface area contributed by atoms with Crippen LogP contribution in [0.15, 0.2) is 36.4 Å². The first-order valence-corrected chi connectivity index (χ1v) is 6.33. The summed E-state index contributed by atoms with van der Waals surface area (Å²) in [7, 11) is 0. The average Bonchev–Trinajstić information content (AvgIpc) is 2.46. The minimum Gasteiger partial charge on any atom is -0.480 e. The third-order valence-electron chi connectivity index (χ3n) is 3.07. The Balaban J connectivity index is 2.23. The second-order valence-corrected chi connectivity index (χ2v) is 4.53. The molecule has 1 heterocycles. The van der Waals surface area contributed by atoms with E-state index >= 15 is 0 Å². The number of hydrogen-bond acceptors (Lipinski definition) is 4. The smallest absolute Gasteiger partial charge is 0.413 e. The van der Waals surface area contributed by atoms with Gasteiger partial charge in [-0.1, -0.05) is 18.2 Å². The maximum atomic E-state index is 11.3. The van der Waals surface area contributed by atoms with Crippen molar-refractivity contribution < 1.29 is 19.8 Å². The summed E-state index contributed by atoms with van der Waals surface area (Å²) in [4.78, 5) is 27.3. The maximum absolute atomic E-state index is 11.3. The summed E-state index contributed by atoms with van der Waals surface area (Å²) >= 11 is 0. The molecule has 0 aliphatic rings. The molecule has 1 atom stereocenters. The minimum absolute atomic E-state index is 0.0101. The van der Waals surface area contributed by atoms with E-state index in [1.165, 1.54) is 0 Å². The van der Waals surface area contributed by atoms with Crippen molar-refractivity contribution in [2.45, 2.75) is 12.5 Å². The molecule has 1 unspecified atom stereocenters. The van der Waals surface area contributed by atoms with Crippen molar-refractivity contribution in [3.63, 3.8) is 0 Å². The number of rotatable bonds is 5. The number of benzene rings is 1. The van der Waals surface area contributed by atoms with Gasteiger partial charge in [0, 0.05) is 11.9 Å². The zero-order chi connectivity index (χ0) is 15.4. The van der Waals surface area contributed by atoms with Crippen molar-refractivity contribution in [1.82, 2.24) is 4.98 Å². The number of carboxylic acids is 1. The van der Waals surface area contributed by atoms with Crippen LogP contribution in [0, 0.1) is 0 Å². The van der Waals surface area contributed by atoms with Gasteiger partial charge in [0.25, 0.3) is 0 Å². The molecule has 0 aliphatic heterocycles. The highest BCUT2D eigenvalue weighted by Crippen LogP contribution is 2.18. The third-order valence-corrected chi connectivity index (χ3v) is 3.07. The molecule has 7 heteroatoms. The number of nitrogens with zero attached hydrogens (tertiary/aromatic N) is 2. The van der Waals surface area contributed by atoms with Crippen molar-refractivity contribution >= 4 is 28.8 Å². The molecule has 1 amide bonds. The van der Waals surface area contributed by atoms with Gasteiger partial charge in [-0.2, -0.15) is 0 Å². The van der Waals surface area contributed by atoms with Crippen LogP contribution in [0.2, 0.25) is 0 Å². The second-order valence-electron chi connectivity index (χ2n) is 4.53. The Labute approximate surface area is 120 Å². The van der Waals surface area contributed by atoms with E-state index in [4.69, 9.17) is 10.8 Å². The summed E-state index contributed by atoms with van der Waals surface area (Å²) < 4.78 is 0. The lowest BCUT2D eigenvalue weighted by molar-refractivity contribution is -0.138. The van der Waals surface area contributed by atoms with Gasteiger partial charge in [-0.15, -0.1) is 0 Å². The van der Waals surface area contributed by atoms with Crippen LogP contribution in [0.25, 0.3) is 10.9 Å². The Morgan fingerprint density at radius 2 is 1.90 bits per heavy atom. The van der Waals surface area contributed by atoms with Gasteiger partial charge in [0.1, 0.15) is 11.9 Å². The fraction of sp³-hybridized carbons (Fsp3) is 0.214. The Bertz CT molecular complexity index is 674. The van der Waals surface area contributed by atoms with Gasteiger partial charge in [-0.25, -0.2) is 9.78 Å². The first-order chi connectivity index (χ1) is 9.99. The van der Waals surface area contributed by atoms with Gasteiger partial charge in [-0.05, 0) is 24.6 Å². The molecule has 0 saturated heterocycles. The molecule has 110 valence electrons. The van der Waals surface area contributed by atoms with Crippen LogP contribution in [0.1, 0.15) is 6.42 Å². The summed E-state index contributed by atoms with van der Waals surface area (Å²) in [5, 5.41) is 18.9. The molecule has 21 heavy (non-hydrogen) atoms. The van der Waals surface area contributed by atoms with Crippen LogP contribution in [-0.4, -0.2) is 39.8 Å². The van der Waals surface area contributed by atoms with Crippen LogP contribution >= 0.6 is 0 Å². The van der Waals surface area contributed by atoms with E-state index in [1.54, 1.807) is 18.2 Å². The van der Waals surface area contributed by atoms with Crippen LogP contribution in [0.4, 0.5) is 10.6 Å². The predicted octanol–water partition coefficient (Wildman–Crippen LogP) is 1.52. The third kappa shape index (κ3) is 3.46. The van der Waals surface area contributed by atoms with Crippen LogP contribution in [0.3, 0.4) is 0 Å². The molecule has 1 aromatic carbocycles. The summed E-state index contributed by atoms with van der Waals surface area (Å²) in [6.45, 7) is -0.0336. The van der Waals surface area contributed by atoms with Gasteiger partial charge in [0.2, 0.25) is 0 Å². The number of carboxylic acid groups (broad SMARTS) is 2. The number of aliphatic carboxylic acids is 1. The summed E-state index contributed by atoms with van der Waals surface area (Å²) in [6.07, 6.45) is -1.19. The number of hydrogen-bond donors (Lipinski definition) is 3. The standard InChI is InChI=1S/C14H15N3O4/c15-10(13(18)19)7-8-17(14(20)21)12-6-5-9-3-1-2-4-11(9)16-12/h1-6,10H,7-8,15H2,(H,18,19)(H,20,21). The molecule has 0 aliphatic carbocycles. The fourth-order valence-electron chi connectivity index (χ4n) is 1.91. The Hall–Kier alpha value is -2.67. The van der Waals surface area contributed by atoms with Gasteiger partial charge in [-0.3, -0.25) is 9.69 Å². The number of pyridine rings is 1. The quantitative estimate of drug-likeness (QED) is 0.768. The maximum Gasteiger partial charge on any atom is 0.413 e. The van der Waals surface area contributed by atoms with Crippen LogP contribution in [-0.2, 0) is 4.79 Å². The highest BCUT2D eigenvalue weighted by atomic mass is 16.4. The fourth-order valence-corrected chi connectivity index (χ4v) is 1.91. The molecule has 2 aromatic rings. The topological polar surface area (TPSA) is 117 Å². The van der Waals surface area contributed by atoms with Crippen molar-refractivity contribution in [2.24, 2.45) is 5.73 Å². The number of amides is 1. The summed E-state index contributed by atoms with van der Waals surface area (Å²) in [5.41, 5.74) is 6.06. The molecular formula is C14H15N3O4. The van der Waals surface area contributed by atoms with Crippen molar-refractivity contribution in [1.29, 1.82) is 0 Å². The van der Waals surface area contributed by atoms with Gasteiger partial charge >= 0.3 is 12.1 Å². The van der Waals surface area contributed by atoms with E-state index < -0.39 is 18.1 Å². The summed E-state index contributed by atoms with van der Waals surface area (Å²) in [6, 6.07) is 9.58. The van der Waals surface area contributed by atoms with Crippen molar-refractivity contribution in [3.8, 4) is 0 Å². The lowest BCUT2D eigenvalue weighted by atomic mass is 10.2. The Morgan fingerprint density at radius 3 is 2.57 bits per heavy atom. The van der Waals surface area contributed by atoms with Gasteiger partial charge < -0.3 is 15.9 Å². The van der Waals surface area contributed by atoms with Crippen LogP contribution < -0.4 is 10.6 Å². The van der Waals surface area contributed by atoms with Gasteiger partial charge in [0.15, 0.2) is 0 Å². The first kappa shape index (κ1) is 14.7. The summed E-state index contributed by atoms with van der Waals surface area (Å²) in [5.74, 6) is -0.911. The van der Waals surface area contributed by atoms with E-state index in [2.05, 4.69) is 4.98 Å². The second kappa shape index (κ2) is 6.19. The first-order valence-electron chi connectivity index (χ1n) is 6.33. The van der Waals surface area contributed by atoms with E-state index in [9.17, 15) is 14.7 Å². The zero-order valence-corrected chi connectivity index (χ0v) is 11.1. The van der Waals surface area contributed by atoms with E-state index in [0.717, 1.165) is 10.3 Å². The largest absolute Gasteiger partial charge is 0.480 e. The number of nitrogens with two attached hydrogens (primary N) is 1. The normalized spacial score (nSPS) is 12.0. The Kier molecular flexibility index (Phi) is 4.34. The minimum atomic E-state index is -1.20. The van der Waals surface area contributed by atoms with Crippen molar-refractivity contribution in [3.05, 3.63) is 36.4 Å². The molecule has 1 aromatic heterocycles.